The molecule has 1 aromatic carbocycles. The molecule has 7 nitrogen and oxygen atoms in total. The van der Waals surface area contributed by atoms with Gasteiger partial charge in [0.2, 0.25) is 15.9 Å². The number of pyridine rings is 1. The Morgan fingerprint density at radius 1 is 1.29 bits per heavy atom. The van der Waals surface area contributed by atoms with Crippen LogP contribution in [0, 0.1) is 0 Å². The predicted molar refractivity (Wildman–Crippen MR) is 114 cm³/mol. The Labute approximate surface area is 170 Å². The molecule has 1 atom stereocenters. The number of ether oxygens (including phenoxy) is 1. The zero-order valence-corrected chi connectivity index (χ0v) is 17.8. The van der Waals surface area contributed by atoms with Crippen molar-refractivity contribution in [3.8, 4) is 5.75 Å². The minimum atomic E-state index is -3.44. The van der Waals surface area contributed by atoms with E-state index in [9.17, 15) is 13.2 Å². The summed E-state index contributed by atoms with van der Waals surface area (Å²) in [6.45, 7) is 2.37. The summed E-state index contributed by atoms with van der Waals surface area (Å²) in [7, 11) is -3.44. The van der Waals surface area contributed by atoms with Crippen molar-refractivity contribution in [3.05, 3.63) is 36.5 Å². The maximum absolute atomic E-state index is 12.4. The Bertz CT molecular complexity index is 869. The van der Waals surface area contributed by atoms with E-state index < -0.39 is 16.1 Å². The van der Waals surface area contributed by atoms with Crippen LogP contribution in [0.15, 0.2) is 36.5 Å². The van der Waals surface area contributed by atoms with Crippen molar-refractivity contribution in [3.63, 3.8) is 0 Å². The molecule has 0 aliphatic carbocycles. The third-order valence-electron chi connectivity index (χ3n) is 4.10. The Kier molecular flexibility index (Phi) is 9.01. The molecule has 1 amide bonds. The highest BCUT2D eigenvalue weighted by molar-refractivity contribution is 7.98. The van der Waals surface area contributed by atoms with Crippen LogP contribution in [0.3, 0.4) is 0 Å². The lowest BCUT2D eigenvalue weighted by Crippen LogP contribution is -2.47. The number of amides is 1. The number of hydrogen-bond donors (Lipinski definition) is 2. The summed E-state index contributed by atoms with van der Waals surface area (Å²) in [5.74, 6) is 1.04. The number of fused-ring (bicyclic) bond motifs is 1. The van der Waals surface area contributed by atoms with Crippen molar-refractivity contribution in [2.24, 2.45) is 0 Å². The van der Waals surface area contributed by atoms with Crippen molar-refractivity contribution in [2.45, 2.75) is 25.8 Å². The van der Waals surface area contributed by atoms with Gasteiger partial charge >= 0.3 is 0 Å². The molecule has 2 rings (SSSR count). The van der Waals surface area contributed by atoms with Crippen LogP contribution < -0.4 is 14.8 Å². The molecule has 1 aromatic heterocycles. The summed E-state index contributed by atoms with van der Waals surface area (Å²) < 4.78 is 31.9. The van der Waals surface area contributed by atoms with E-state index in [1.54, 1.807) is 24.9 Å². The molecule has 0 fully saturated rings. The van der Waals surface area contributed by atoms with Gasteiger partial charge in [-0.3, -0.25) is 9.78 Å². The first-order valence-electron chi connectivity index (χ1n) is 9.20. The zero-order chi connectivity index (χ0) is 20.4. The molecule has 0 aliphatic rings. The molecule has 1 heterocycles. The molecule has 1 unspecified atom stereocenters. The van der Waals surface area contributed by atoms with E-state index >= 15 is 0 Å². The van der Waals surface area contributed by atoms with Crippen LogP contribution in [0.4, 0.5) is 0 Å². The van der Waals surface area contributed by atoms with Gasteiger partial charge in [-0.2, -0.15) is 11.8 Å². The minimum absolute atomic E-state index is 0.0526. The standard InChI is InChI=1S/C19H27N3O4S2/c1-3-28(24,25)22-16(10-14-27-2)19(23)21-12-6-13-26-17-9-4-7-15-8-5-11-20-18(15)17/h4-5,7-9,11,16,22H,3,6,10,12-14H2,1-2H3,(H,21,23). The summed E-state index contributed by atoms with van der Waals surface area (Å²) in [4.78, 5) is 16.7. The second kappa shape index (κ2) is 11.2. The zero-order valence-electron chi connectivity index (χ0n) is 16.2. The summed E-state index contributed by atoms with van der Waals surface area (Å²) in [5, 5.41) is 3.80. The molecule has 9 heteroatoms. The molecule has 2 aromatic rings. The van der Waals surface area contributed by atoms with Gasteiger partial charge in [-0.05, 0) is 43.9 Å². The highest BCUT2D eigenvalue weighted by Crippen LogP contribution is 2.22. The fraction of sp³-hybridized carbons (Fsp3) is 0.474. The van der Waals surface area contributed by atoms with Crippen molar-refractivity contribution in [2.75, 3.05) is 30.9 Å². The molecule has 0 saturated heterocycles. The molecule has 0 saturated carbocycles. The first kappa shape index (κ1) is 22.4. The Morgan fingerprint density at radius 3 is 2.82 bits per heavy atom. The van der Waals surface area contributed by atoms with Crippen LogP contribution >= 0.6 is 11.8 Å². The van der Waals surface area contributed by atoms with Gasteiger partial charge in [-0.1, -0.05) is 18.2 Å². The van der Waals surface area contributed by atoms with E-state index in [0.29, 0.717) is 37.5 Å². The quantitative estimate of drug-likeness (QED) is 0.506. The summed E-state index contributed by atoms with van der Waals surface area (Å²) in [5.41, 5.74) is 0.806. The van der Waals surface area contributed by atoms with Crippen molar-refractivity contribution >= 4 is 38.6 Å². The Balaban J connectivity index is 1.81. The molecule has 28 heavy (non-hydrogen) atoms. The number of thioether (sulfide) groups is 1. The third kappa shape index (κ3) is 6.96. The minimum Gasteiger partial charge on any atom is -0.491 e. The van der Waals surface area contributed by atoms with E-state index in [0.717, 1.165) is 10.9 Å². The van der Waals surface area contributed by atoms with Gasteiger partial charge in [0.1, 0.15) is 17.3 Å². The van der Waals surface area contributed by atoms with Crippen LogP contribution in [0.1, 0.15) is 19.8 Å². The highest BCUT2D eigenvalue weighted by Gasteiger charge is 2.22. The summed E-state index contributed by atoms with van der Waals surface area (Å²) in [6.07, 6.45) is 4.69. The predicted octanol–water partition coefficient (Wildman–Crippen LogP) is 2.18. The van der Waals surface area contributed by atoms with Crippen molar-refractivity contribution < 1.29 is 17.9 Å². The second-order valence-electron chi connectivity index (χ2n) is 6.18. The van der Waals surface area contributed by atoms with Gasteiger partial charge in [0.15, 0.2) is 0 Å². The highest BCUT2D eigenvalue weighted by atomic mass is 32.2. The summed E-state index contributed by atoms with van der Waals surface area (Å²) in [6, 6.07) is 8.86. The van der Waals surface area contributed by atoms with Crippen LogP contribution in [-0.2, 0) is 14.8 Å². The van der Waals surface area contributed by atoms with Gasteiger partial charge in [0, 0.05) is 18.1 Å². The Hall–Kier alpha value is -1.84. The molecule has 2 N–H and O–H groups in total. The number of nitrogens with zero attached hydrogens (tertiary/aromatic N) is 1. The number of para-hydroxylation sites is 1. The first-order valence-corrected chi connectivity index (χ1v) is 12.2. The van der Waals surface area contributed by atoms with Crippen LogP contribution in [0.2, 0.25) is 0 Å². The molecule has 0 bridgehead atoms. The van der Waals surface area contributed by atoms with Crippen LogP contribution in [0.25, 0.3) is 10.9 Å². The van der Waals surface area contributed by atoms with Gasteiger partial charge in [0.25, 0.3) is 0 Å². The molecular weight excluding hydrogens is 398 g/mol. The molecular formula is C19H27N3O4S2. The van der Waals surface area contributed by atoms with E-state index in [1.165, 1.54) is 0 Å². The number of hydrogen-bond acceptors (Lipinski definition) is 6. The summed E-state index contributed by atoms with van der Waals surface area (Å²) >= 11 is 1.57. The van der Waals surface area contributed by atoms with E-state index in [-0.39, 0.29) is 11.7 Å². The maximum Gasteiger partial charge on any atom is 0.238 e. The SMILES string of the molecule is CCS(=O)(=O)NC(CCSC)C(=O)NCCCOc1cccc2cccnc12. The molecule has 0 aliphatic heterocycles. The van der Waals surface area contributed by atoms with E-state index in [4.69, 9.17) is 4.74 Å². The van der Waals surface area contributed by atoms with Crippen LogP contribution in [0.5, 0.6) is 5.75 Å². The Morgan fingerprint density at radius 2 is 2.07 bits per heavy atom. The van der Waals surface area contributed by atoms with Gasteiger partial charge in [-0.25, -0.2) is 13.1 Å². The fourth-order valence-electron chi connectivity index (χ4n) is 2.56. The lowest BCUT2D eigenvalue weighted by atomic mass is 10.2. The van der Waals surface area contributed by atoms with Crippen LogP contribution in [-0.4, -0.2) is 56.3 Å². The smallest absolute Gasteiger partial charge is 0.238 e. The number of sulfonamides is 1. The number of nitrogens with one attached hydrogen (secondary N) is 2. The third-order valence-corrected chi connectivity index (χ3v) is 6.15. The molecule has 154 valence electrons. The number of carbonyl (C=O) groups excluding carboxylic acids is 1. The average molecular weight is 426 g/mol. The maximum atomic E-state index is 12.4. The second-order valence-corrected chi connectivity index (χ2v) is 9.21. The lowest BCUT2D eigenvalue weighted by Gasteiger charge is -2.17. The monoisotopic (exact) mass is 425 g/mol. The van der Waals surface area contributed by atoms with Gasteiger partial charge < -0.3 is 10.1 Å². The average Bonchev–Trinajstić information content (AvgIpc) is 2.70. The lowest BCUT2D eigenvalue weighted by molar-refractivity contribution is -0.122. The van der Waals surface area contributed by atoms with Gasteiger partial charge in [0.05, 0.1) is 12.4 Å². The topological polar surface area (TPSA) is 97.4 Å². The number of benzene rings is 1. The number of carbonyl (C=O) groups is 1. The van der Waals surface area contributed by atoms with Crippen molar-refractivity contribution in [1.82, 2.24) is 15.0 Å². The van der Waals surface area contributed by atoms with E-state index in [1.807, 2.05) is 36.6 Å². The number of aromatic nitrogens is 1. The fourth-order valence-corrected chi connectivity index (χ4v) is 3.86. The largest absolute Gasteiger partial charge is 0.491 e. The normalized spacial score (nSPS) is 12.6. The number of rotatable bonds is 12. The van der Waals surface area contributed by atoms with Gasteiger partial charge in [-0.15, -0.1) is 0 Å². The first-order chi connectivity index (χ1) is 13.5. The van der Waals surface area contributed by atoms with Crippen molar-refractivity contribution in [1.29, 1.82) is 0 Å². The molecule has 0 radical (unpaired) electrons. The molecule has 0 spiro atoms. The van der Waals surface area contributed by atoms with E-state index in [2.05, 4.69) is 15.0 Å².